The number of carbonyl (C=O) groups is 1. The van der Waals surface area contributed by atoms with Crippen molar-refractivity contribution < 1.29 is 14.1 Å². The second-order valence-corrected chi connectivity index (χ2v) is 6.00. The average Bonchev–Trinajstić information content (AvgIpc) is 3.33. The van der Waals surface area contributed by atoms with Crippen molar-refractivity contribution in [1.82, 2.24) is 14.9 Å². The second kappa shape index (κ2) is 7.74. The molecule has 0 bridgehead atoms. The number of hydrogen-bond acceptors (Lipinski definition) is 5. The van der Waals surface area contributed by atoms with Crippen LogP contribution < -0.4 is 10.1 Å². The molecule has 0 atom stereocenters. The Labute approximate surface area is 155 Å². The number of benzene rings is 2. The van der Waals surface area contributed by atoms with Crippen LogP contribution in [0.4, 0.5) is 5.69 Å². The summed E-state index contributed by atoms with van der Waals surface area (Å²) in [4.78, 5) is 12.4. The summed E-state index contributed by atoms with van der Waals surface area (Å²) >= 11 is 0. The van der Waals surface area contributed by atoms with Gasteiger partial charge in [0.2, 0.25) is 5.91 Å². The molecule has 0 fully saturated rings. The maximum Gasteiger partial charge on any atom is 0.230 e. The van der Waals surface area contributed by atoms with Crippen LogP contribution in [0, 0.1) is 0 Å². The van der Waals surface area contributed by atoms with Gasteiger partial charge >= 0.3 is 0 Å². The molecule has 4 rings (SSSR count). The highest BCUT2D eigenvalue weighted by Gasteiger charge is 2.12. The van der Waals surface area contributed by atoms with Crippen molar-refractivity contribution in [2.24, 2.45) is 0 Å². The maximum absolute atomic E-state index is 12.4. The molecule has 2 heterocycles. The molecule has 0 spiro atoms. The summed E-state index contributed by atoms with van der Waals surface area (Å²) in [6.07, 6.45) is 3.75. The van der Waals surface area contributed by atoms with E-state index >= 15 is 0 Å². The quantitative estimate of drug-likeness (QED) is 0.545. The van der Waals surface area contributed by atoms with Crippen LogP contribution in [0.15, 0.2) is 71.5 Å². The van der Waals surface area contributed by atoms with E-state index in [9.17, 15) is 4.79 Å². The lowest BCUT2D eigenvalue weighted by Gasteiger charge is -2.09. The number of amides is 1. The molecule has 1 N–H and O–H groups in total. The fourth-order valence-electron chi connectivity index (χ4n) is 2.78. The Morgan fingerprint density at radius 2 is 2.07 bits per heavy atom. The first-order chi connectivity index (χ1) is 13.3. The highest BCUT2D eigenvalue weighted by molar-refractivity contribution is 5.94. The number of ether oxygens (including phenoxy) is 1. The number of anilines is 1. The first-order valence-corrected chi connectivity index (χ1v) is 8.61. The van der Waals surface area contributed by atoms with E-state index in [1.165, 1.54) is 0 Å². The van der Waals surface area contributed by atoms with Crippen LogP contribution in [-0.4, -0.2) is 27.5 Å². The van der Waals surface area contributed by atoms with E-state index < -0.39 is 0 Å². The second-order valence-electron chi connectivity index (χ2n) is 6.00. The highest BCUT2D eigenvalue weighted by atomic mass is 16.5. The number of fused-ring (bicyclic) bond motifs is 1. The van der Waals surface area contributed by atoms with Gasteiger partial charge in [0.1, 0.15) is 18.1 Å². The van der Waals surface area contributed by atoms with Gasteiger partial charge in [-0.1, -0.05) is 23.4 Å². The Balaban J connectivity index is 1.35. The number of aromatic nitrogens is 3. The van der Waals surface area contributed by atoms with Crippen molar-refractivity contribution in [2.75, 3.05) is 11.9 Å². The third-order valence-electron chi connectivity index (χ3n) is 4.05. The fraction of sp³-hybridized carbons (Fsp3) is 0.150. The monoisotopic (exact) mass is 362 g/mol. The first-order valence-electron chi connectivity index (χ1n) is 8.61. The molecular formula is C20H18N4O3. The van der Waals surface area contributed by atoms with Gasteiger partial charge in [-0.15, -0.1) is 0 Å². The number of carbonyl (C=O) groups excluding carboxylic acids is 1. The third kappa shape index (κ3) is 4.14. The van der Waals surface area contributed by atoms with E-state index in [1.807, 2.05) is 54.7 Å². The van der Waals surface area contributed by atoms with Crippen LogP contribution in [0.2, 0.25) is 0 Å². The largest absolute Gasteiger partial charge is 0.492 e. The summed E-state index contributed by atoms with van der Waals surface area (Å²) in [7, 11) is 0. The third-order valence-corrected chi connectivity index (χ3v) is 4.05. The van der Waals surface area contributed by atoms with Crippen molar-refractivity contribution in [3.63, 3.8) is 0 Å². The molecule has 27 heavy (non-hydrogen) atoms. The number of rotatable bonds is 7. The van der Waals surface area contributed by atoms with Crippen molar-refractivity contribution in [3.05, 3.63) is 72.7 Å². The Morgan fingerprint density at radius 3 is 2.96 bits per heavy atom. The average molecular weight is 362 g/mol. The van der Waals surface area contributed by atoms with E-state index in [2.05, 4.69) is 15.6 Å². The summed E-state index contributed by atoms with van der Waals surface area (Å²) in [5.41, 5.74) is 1.96. The molecule has 0 saturated heterocycles. The van der Waals surface area contributed by atoms with Crippen LogP contribution in [0.25, 0.3) is 11.0 Å². The maximum atomic E-state index is 12.4. The standard InChI is InChI=1S/C20H18N4O3/c25-20(14-18-17-7-1-2-8-19(17)27-23-18)22-15-5-3-6-16(13-15)26-12-11-24-10-4-9-21-24/h1-10,13H,11-12,14H2,(H,22,25). The van der Waals surface area contributed by atoms with Crippen molar-refractivity contribution in [1.29, 1.82) is 0 Å². The normalized spacial score (nSPS) is 10.8. The zero-order chi connectivity index (χ0) is 18.5. The van der Waals surface area contributed by atoms with Gasteiger partial charge < -0.3 is 14.6 Å². The van der Waals surface area contributed by atoms with E-state index in [4.69, 9.17) is 9.26 Å². The lowest BCUT2D eigenvalue weighted by atomic mass is 10.1. The minimum absolute atomic E-state index is 0.140. The molecule has 0 radical (unpaired) electrons. The Morgan fingerprint density at radius 1 is 1.15 bits per heavy atom. The van der Waals surface area contributed by atoms with Crippen LogP contribution in [0.1, 0.15) is 5.69 Å². The minimum atomic E-state index is -0.164. The molecule has 0 unspecified atom stereocenters. The molecule has 136 valence electrons. The first kappa shape index (κ1) is 16.8. The molecular weight excluding hydrogens is 344 g/mol. The summed E-state index contributed by atoms with van der Waals surface area (Å²) in [6.45, 7) is 1.15. The molecule has 0 aliphatic carbocycles. The van der Waals surface area contributed by atoms with Crippen LogP contribution in [0.5, 0.6) is 5.75 Å². The van der Waals surface area contributed by atoms with Crippen molar-refractivity contribution in [2.45, 2.75) is 13.0 Å². The topological polar surface area (TPSA) is 82.2 Å². The Hall–Kier alpha value is -3.61. The minimum Gasteiger partial charge on any atom is -0.492 e. The molecule has 2 aromatic carbocycles. The molecule has 4 aromatic rings. The predicted octanol–water partition coefficient (Wildman–Crippen LogP) is 3.28. The van der Waals surface area contributed by atoms with E-state index in [0.29, 0.717) is 35.9 Å². The van der Waals surface area contributed by atoms with Crippen LogP contribution in [0.3, 0.4) is 0 Å². The van der Waals surface area contributed by atoms with Gasteiger partial charge in [-0.3, -0.25) is 9.48 Å². The number of nitrogens with one attached hydrogen (secondary N) is 1. The van der Waals surface area contributed by atoms with Crippen LogP contribution in [-0.2, 0) is 17.8 Å². The number of nitrogens with zero attached hydrogens (tertiary/aromatic N) is 3. The summed E-state index contributed by atoms with van der Waals surface area (Å²) in [6, 6.07) is 16.7. The molecule has 0 aliphatic rings. The van der Waals surface area contributed by atoms with Gasteiger partial charge in [-0.05, 0) is 30.3 Å². The van der Waals surface area contributed by atoms with E-state index in [1.54, 1.807) is 16.9 Å². The predicted molar refractivity (Wildman–Crippen MR) is 101 cm³/mol. The Kier molecular flexibility index (Phi) is 4.82. The van der Waals surface area contributed by atoms with Crippen LogP contribution >= 0.6 is 0 Å². The van der Waals surface area contributed by atoms with E-state index in [0.717, 1.165) is 5.39 Å². The lowest BCUT2D eigenvalue weighted by molar-refractivity contribution is -0.115. The van der Waals surface area contributed by atoms with Gasteiger partial charge in [-0.2, -0.15) is 5.10 Å². The highest BCUT2D eigenvalue weighted by Crippen LogP contribution is 2.20. The number of hydrogen-bond donors (Lipinski definition) is 1. The summed E-state index contributed by atoms with van der Waals surface area (Å²) < 4.78 is 12.8. The van der Waals surface area contributed by atoms with Gasteiger partial charge in [0.25, 0.3) is 0 Å². The number of para-hydroxylation sites is 1. The van der Waals surface area contributed by atoms with Gasteiger partial charge in [0.15, 0.2) is 5.58 Å². The molecule has 7 heteroatoms. The SMILES string of the molecule is O=C(Cc1noc2ccccc12)Nc1cccc(OCCn2cccn2)c1. The fourth-order valence-corrected chi connectivity index (χ4v) is 2.78. The zero-order valence-corrected chi connectivity index (χ0v) is 14.5. The van der Waals surface area contributed by atoms with E-state index in [-0.39, 0.29) is 12.3 Å². The molecule has 1 amide bonds. The smallest absolute Gasteiger partial charge is 0.230 e. The molecule has 0 saturated carbocycles. The molecule has 0 aliphatic heterocycles. The summed E-state index contributed by atoms with van der Waals surface area (Å²) in [5, 5.41) is 11.8. The van der Waals surface area contributed by atoms with Gasteiger partial charge in [-0.25, -0.2) is 0 Å². The van der Waals surface area contributed by atoms with Gasteiger partial charge in [0.05, 0.1) is 13.0 Å². The zero-order valence-electron chi connectivity index (χ0n) is 14.5. The lowest BCUT2D eigenvalue weighted by Crippen LogP contribution is -2.15. The van der Waals surface area contributed by atoms with Crippen molar-refractivity contribution in [3.8, 4) is 5.75 Å². The van der Waals surface area contributed by atoms with Gasteiger partial charge in [0, 0.05) is 29.5 Å². The summed E-state index contributed by atoms with van der Waals surface area (Å²) in [5.74, 6) is 0.523. The van der Waals surface area contributed by atoms with Crippen molar-refractivity contribution >= 4 is 22.6 Å². The molecule has 7 nitrogen and oxygen atoms in total. The Bertz CT molecular complexity index is 1040. The molecule has 2 aromatic heterocycles.